The first-order valence-electron chi connectivity index (χ1n) is 6.57. The van der Waals surface area contributed by atoms with Gasteiger partial charge in [-0.05, 0) is 23.6 Å². The molecule has 2 aromatic carbocycles. The molecule has 106 valence electrons. The van der Waals surface area contributed by atoms with Crippen molar-refractivity contribution < 1.29 is 14.6 Å². The minimum atomic E-state index is -0.694. The van der Waals surface area contributed by atoms with E-state index in [4.69, 9.17) is 9.47 Å². The van der Waals surface area contributed by atoms with E-state index in [1.165, 1.54) is 0 Å². The standard InChI is InChI=1S/C17H20O3/c1-12-8-4-5-9-13(12)16(18)14-10-6-7-11-15(14)17(19-2)20-3/h4-11,16-18H,1-3H3. The van der Waals surface area contributed by atoms with Crippen LogP contribution in [0.25, 0.3) is 0 Å². The molecule has 0 bridgehead atoms. The Hall–Kier alpha value is -1.68. The second-order valence-corrected chi connectivity index (χ2v) is 4.69. The Morgan fingerprint density at radius 1 is 0.800 bits per heavy atom. The zero-order valence-electron chi connectivity index (χ0n) is 12.0. The molecular formula is C17H20O3. The predicted octanol–water partition coefficient (Wildman–Crippen LogP) is 3.37. The number of aliphatic hydroxyl groups is 1. The van der Waals surface area contributed by atoms with E-state index in [0.29, 0.717) is 0 Å². The van der Waals surface area contributed by atoms with Crippen LogP contribution in [-0.4, -0.2) is 19.3 Å². The molecule has 20 heavy (non-hydrogen) atoms. The molecule has 0 aromatic heterocycles. The summed E-state index contributed by atoms with van der Waals surface area (Å²) in [6.07, 6.45) is -1.18. The highest BCUT2D eigenvalue weighted by atomic mass is 16.7. The van der Waals surface area contributed by atoms with E-state index < -0.39 is 12.4 Å². The molecule has 0 radical (unpaired) electrons. The largest absolute Gasteiger partial charge is 0.384 e. The molecule has 3 nitrogen and oxygen atoms in total. The third-order valence-corrected chi connectivity index (χ3v) is 3.46. The van der Waals surface area contributed by atoms with Gasteiger partial charge in [0.25, 0.3) is 0 Å². The fourth-order valence-corrected chi connectivity index (χ4v) is 2.39. The third-order valence-electron chi connectivity index (χ3n) is 3.46. The van der Waals surface area contributed by atoms with E-state index >= 15 is 0 Å². The molecule has 0 aliphatic heterocycles. The van der Waals surface area contributed by atoms with Gasteiger partial charge in [0.15, 0.2) is 6.29 Å². The summed E-state index contributed by atoms with van der Waals surface area (Å²) in [6.45, 7) is 1.99. The molecule has 0 heterocycles. The SMILES string of the molecule is COC(OC)c1ccccc1C(O)c1ccccc1C. The summed E-state index contributed by atoms with van der Waals surface area (Å²) in [5.41, 5.74) is 3.59. The maximum atomic E-state index is 10.7. The molecule has 0 fully saturated rings. The first kappa shape index (κ1) is 14.7. The second-order valence-electron chi connectivity index (χ2n) is 4.69. The number of benzene rings is 2. The first-order valence-corrected chi connectivity index (χ1v) is 6.57. The van der Waals surface area contributed by atoms with Gasteiger partial charge in [0.2, 0.25) is 0 Å². The Bertz CT molecular complexity index is 562. The fraction of sp³-hybridized carbons (Fsp3) is 0.294. The van der Waals surface area contributed by atoms with E-state index in [2.05, 4.69) is 0 Å². The van der Waals surface area contributed by atoms with Gasteiger partial charge >= 0.3 is 0 Å². The molecule has 0 saturated carbocycles. The van der Waals surface area contributed by atoms with Crippen molar-refractivity contribution in [2.75, 3.05) is 14.2 Å². The van der Waals surface area contributed by atoms with Crippen molar-refractivity contribution in [2.45, 2.75) is 19.3 Å². The summed E-state index contributed by atoms with van der Waals surface area (Å²) >= 11 is 0. The second kappa shape index (κ2) is 6.66. The van der Waals surface area contributed by atoms with Crippen LogP contribution in [0.2, 0.25) is 0 Å². The summed E-state index contributed by atoms with van der Waals surface area (Å²) < 4.78 is 10.6. The minimum absolute atomic E-state index is 0.482. The lowest BCUT2D eigenvalue weighted by molar-refractivity contribution is -0.107. The molecule has 3 heteroatoms. The highest BCUT2D eigenvalue weighted by molar-refractivity contribution is 5.39. The molecule has 0 aliphatic carbocycles. The summed E-state index contributed by atoms with van der Waals surface area (Å²) in [7, 11) is 3.18. The average molecular weight is 272 g/mol. The van der Waals surface area contributed by atoms with Crippen molar-refractivity contribution in [1.82, 2.24) is 0 Å². The maximum Gasteiger partial charge on any atom is 0.183 e. The van der Waals surface area contributed by atoms with E-state index in [1.54, 1.807) is 14.2 Å². The molecule has 1 N–H and O–H groups in total. The number of methoxy groups -OCH3 is 2. The van der Waals surface area contributed by atoms with Crippen LogP contribution in [0, 0.1) is 6.92 Å². The normalized spacial score (nSPS) is 12.7. The van der Waals surface area contributed by atoms with E-state index in [1.807, 2.05) is 55.5 Å². The lowest BCUT2D eigenvalue weighted by Gasteiger charge is -2.21. The van der Waals surface area contributed by atoms with Crippen molar-refractivity contribution in [3.05, 3.63) is 70.8 Å². The molecular weight excluding hydrogens is 252 g/mol. The first-order chi connectivity index (χ1) is 9.69. The molecule has 0 aliphatic rings. The third kappa shape index (κ3) is 2.90. The van der Waals surface area contributed by atoms with Crippen LogP contribution in [0.15, 0.2) is 48.5 Å². The van der Waals surface area contributed by atoms with E-state index in [-0.39, 0.29) is 0 Å². The number of aliphatic hydroxyl groups excluding tert-OH is 1. The minimum Gasteiger partial charge on any atom is -0.384 e. The van der Waals surface area contributed by atoms with Crippen LogP contribution in [-0.2, 0) is 9.47 Å². The fourth-order valence-electron chi connectivity index (χ4n) is 2.39. The number of aryl methyl sites for hydroxylation is 1. The number of hydrogen-bond acceptors (Lipinski definition) is 3. The molecule has 2 rings (SSSR count). The monoisotopic (exact) mass is 272 g/mol. The van der Waals surface area contributed by atoms with Gasteiger partial charge in [0.05, 0.1) is 0 Å². The van der Waals surface area contributed by atoms with Crippen molar-refractivity contribution in [1.29, 1.82) is 0 Å². The molecule has 2 aromatic rings. The lowest BCUT2D eigenvalue weighted by Crippen LogP contribution is -2.11. The summed E-state index contributed by atoms with van der Waals surface area (Å²) in [5, 5.41) is 10.7. The summed E-state index contributed by atoms with van der Waals surface area (Å²) in [5.74, 6) is 0. The highest BCUT2D eigenvalue weighted by Crippen LogP contribution is 2.31. The molecule has 0 amide bonds. The van der Waals surface area contributed by atoms with Crippen LogP contribution in [0.1, 0.15) is 34.6 Å². The van der Waals surface area contributed by atoms with Gasteiger partial charge in [0.1, 0.15) is 6.10 Å². The average Bonchev–Trinajstić information content (AvgIpc) is 2.49. The molecule has 0 saturated heterocycles. The van der Waals surface area contributed by atoms with Crippen LogP contribution < -0.4 is 0 Å². The Balaban J connectivity index is 2.45. The Kier molecular flexibility index (Phi) is 4.90. The van der Waals surface area contributed by atoms with Gasteiger partial charge < -0.3 is 14.6 Å². The van der Waals surface area contributed by atoms with Gasteiger partial charge in [-0.3, -0.25) is 0 Å². The summed E-state index contributed by atoms with van der Waals surface area (Å²) in [6, 6.07) is 15.4. The van der Waals surface area contributed by atoms with Gasteiger partial charge in [-0.25, -0.2) is 0 Å². The van der Waals surface area contributed by atoms with Crippen molar-refractivity contribution in [3.8, 4) is 0 Å². The quantitative estimate of drug-likeness (QED) is 0.848. The molecule has 0 spiro atoms. The lowest BCUT2D eigenvalue weighted by atomic mass is 9.94. The number of rotatable bonds is 5. The van der Waals surface area contributed by atoms with Crippen molar-refractivity contribution in [3.63, 3.8) is 0 Å². The molecule has 1 atom stereocenters. The van der Waals surface area contributed by atoms with Crippen molar-refractivity contribution in [2.24, 2.45) is 0 Å². The van der Waals surface area contributed by atoms with Crippen molar-refractivity contribution >= 4 is 0 Å². The van der Waals surface area contributed by atoms with Crippen LogP contribution in [0.3, 0.4) is 0 Å². The van der Waals surface area contributed by atoms with Gasteiger partial charge in [0, 0.05) is 19.8 Å². The summed E-state index contributed by atoms with van der Waals surface area (Å²) in [4.78, 5) is 0. The van der Waals surface area contributed by atoms with Crippen LogP contribution in [0.5, 0.6) is 0 Å². The topological polar surface area (TPSA) is 38.7 Å². The Morgan fingerprint density at radius 2 is 1.30 bits per heavy atom. The smallest absolute Gasteiger partial charge is 0.183 e. The number of hydrogen-bond donors (Lipinski definition) is 1. The van der Waals surface area contributed by atoms with Gasteiger partial charge in [-0.1, -0.05) is 48.5 Å². The zero-order valence-corrected chi connectivity index (χ0v) is 12.0. The number of ether oxygens (including phenoxy) is 2. The van der Waals surface area contributed by atoms with Crippen LogP contribution in [0.4, 0.5) is 0 Å². The highest BCUT2D eigenvalue weighted by Gasteiger charge is 2.20. The molecule has 1 unspecified atom stereocenters. The Labute approximate surface area is 119 Å². The van der Waals surface area contributed by atoms with Gasteiger partial charge in [-0.2, -0.15) is 0 Å². The van der Waals surface area contributed by atoms with E-state index in [9.17, 15) is 5.11 Å². The zero-order chi connectivity index (χ0) is 14.5. The van der Waals surface area contributed by atoms with Gasteiger partial charge in [-0.15, -0.1) is 0 Å². The van der Waals surface area contributed by atoms with Crippen LogP contribution >= 0.6 is 0 Å². The Morgan fingerprint density at radius 3 is 1.85 bits per heavy atom. The maximum absolute atomic E-state index is 10.7. The van der Waals surface area contributed by atoms with E-state index in [0.717, 1.165) is 22.3 Å². The predicted molar refractivity (Wildman–Crippen MR) is 78.4 cm³/mol.